The minimum atomic E-state index is -0.205. The van der Waals surface area contributed by atoms with Gasteiger partial charge in [-0.25, -0.2) is 4.39 Å². The van der Waals surface area contributed by atoms with Crippen molar-refractivity contribution in [1.29, 1.82) is 0 Å². The lowest BCUT2D eigenvalue weighted by atomic mass is 9.76. The van der Waals surface area contributed by atoms with Crippen molar-refractivity contribution in [2.75, 3.05) is 19.8 Å². The Balaban J connectivity index is 1.76. The first-order valence-corrected chi connectivity index (χ1v) is 8.60. The van der Waals surface area contributed by atoms with E-state index in [0.717, 1.165) is 54.6 Å². The van der Waals surface area contributed by atoms with Crippen LogP contribution in [0.4, 0.5) is 4.39 Å². The molecule has 0 aromatic heterocycles. The standard InChI is InChI=1S/C16H21FINO2/c17-12-1-2-13(14(18)9-12)15(19)11-3-6-21-16(10-11)4-7-20-8-5-16/h1-2,9,11,15H,3-8,10,19H2. The summed E-state index contributed by atoms with van der Waals surface area (Å²) in [5.41, 5.74) is 7.49. The molecule has 2 N–H and O–H groups in total. The molecule has 0 radical (unpaired) electrons. The first-order valence-electron chi connectivity index (χ1n) is 7.52. The molecule has 2 unspecified atom stereocenters. The highest BCUT2D eigenvalue weighted by molar-refractivity contribution is 14.1. The Bertz CT molecular complexity index is 500. The maximum absolute atomic E-state index is 13.3. The first-order chi connectivity index (χ1) is 10.1. The molecular weight excluding hydrogens is 384 g/mol. The SMILES string of the molecule is NC(c1ccc(F)cc1I)C1CCOC2(CCOCC2)C1. The quantitative estimate of drug-likeness (QED) is 0.768. The molecule has 0 saturated carbocycles. The van der Waals surface area contributed by atoms with E-state index in [1.165, 1.54) is 6.07 Å². The minimum Gasteiger partial charge on any atom is -0.381 e. The molecule has 1 aromatic carbocycles. The van der Waals surface area contributed by atoms with Gasteiger partial charge in [-0.2, -0.15) is 0 Å². The molecule has 0 bridgehead atoms. The van der Waals surface area contributed by atoms with Gasteiger partial charge in [-0.15, -0.1) is 0 Å². The second kappa shape index (κ2) is 6.48. The van der Waals surface area contributed by atoms with Crippen LogP contribution in [0.15, 0.2) is 18.2 Å². The average molecular weight is 405 g/mol. The van der Waals surface area contributed by atoms with Crippen LogP contribution >= 0.6 is 22.6 Å². The van der Waals surface area contributed by atoms with Crippen molar-refractivity contribution in [3.8, 4) is 0 Å². The van der Waals surface area contributed by atoms with Crippen molar-refractivity contribution in [2.45, 2.75) is 37.3 Å². The van der Waals surface area contributed by atoms with Crippen LogP contribution in [-0.4, -0.2) is 25.4 Å². The number of hydrogen-bond donors (Lipinski definition) is 1. The van der Waals surface area contributed by atoms with Crippen LogP contribution in [0.25, 0.3) is 0 Å². The molecular formula is C16H21FINO2. The molecule has 2 saturated heterocycles. The molecule has 1 spiro atoms. The Labute approximate surface area is 138 Å². The number of hydrogen-bond acceptors (Lipinski definition) is 3. The van der Waals surface area contributed by atoms with Gasteiger partial charge in [0.05, 0.1) is 5.60 Å². The Hall–Kier alpha value is -0.240. The molecule has 2 heterocycles. The van der Waals surface area contributed by atoms with E-state index in [4.69, 9.17) is 15.2 Å². The van der Waals surface area contributed by atoms with Gasteiger partial charge in [0.15, 0.2) is 0 Å². The minimum absolute atomic E-state index is 0.0513. The van der Waals surface area contributed by atoms with E-state index in [1.54, 1.807) is 6.07 Å². The summed E-state index contributed by atoms with van der Waals surface area (Å²) in [6.07, 6.45) is 3.86. The Morgan fingerprint density at radius 1 is 1.29 bits per heavy atom. The monoisotopic (exact) mass is 405 g/mol. The molecule has 1 aromatic rings. The highest BCUT2D eigenvalue weighted by Crippen LogP contribution is 2.41. The predicted octanol–water partition coefficient (Wildman–Crippen LogP) is 3.41. The number of nitrogens with two attached hydrogens (primary N) is 1. The zero-order valence-corrected chi connectivity index (χ0v) is 14.1. The number of ether oxygens (including phenoxy) is 2. The second-order valence-corrected chi connectivity index (χ2v) is 7.25. The fourth-order valence-electron chi connectivity index (χ4n) is 3.49. The maximum atomic E-state index is 13.3. The lowest BCUT2D eigenvalue weighted by Crippen LogP contribution is -2.46. The largest absolute Gasteiger partial charge is 0.381 e. The fraction of sp³-hybridized carbons (Fsp3) is 0.625. The Morgan fingerprint density at radius 2 is 2.05 bits per heavy atom. The number of halogens is 2. The molecule has 2 atom stereocenters. The van der Waals surface area contributed by atoms with Crippen molar-refractivity contribution in [1.82, 2.24) is 0 Å². The lowest BCUT2D eigenvalue weighted by Gasteiger charge is -2.44. The van der Waals surface area contributed by atoms with Gasteiger partial charge in [-0.05, 0) is 71.9 Å². The molecule has 3 rings (SSSR count). The summed E-state index contributed by atoms with van der Waals surface area (Å²) in [4.78, 5) is 0. The number of benzene rings is 1. The van der Waals surface area contributed by atoms with E-state index in [-0.39, 0.29) is 17.5 Å². The summed E-state index contributed by atoms with van der Waals surface area (Å²) < 4.78 is 25.7. The summed E-state index contributed by atoms with van der Waals surface area (Å²) >= 11 is 2.17. The summed E-state index contributed by atoms with van der Waals surface area (Å²) in [6, 6.07) is 4.83. The van der Waals surface area contributed by atoms with Crippen LogP contribution in [0.1, 0.15) is 37.3 Å². The molecule has 2 fully saturated rings. The fourth-order valence-corrected chi connectivity index (χ4v) is 4.33. The summed E-state index contributed by atoms with van der Waals surface area (Å²) in [5.74, 6) is 0.180. The highest BCUT2D eigenvalue weighted by atomic mass is 127. The third-order valence-electron chi connectivity index (χ3n) is 4.76. The van der Waals surface area contributed by atoms with Crippen LogP contribution in [0.3, 0.4) is 0 Å². The van der Waals surface area contributed by atoms with E-state index in [2.05, 4.69) is 22.6 Å². The second-order valence-electron chi connectivity index (χ2n) is 6.09. The molecule has 3 nitrogen and oxygen atoms in total. The maximum Gasteiger partial charge on any atom is 0.124 e. The molecule has 21 heavy (non-hydrogen) atoms. The third kappa shape index (κ3) is 3.41. The molecule has 2 aliphatic rings. The molecule has 0 amide bonds. The van der Waals surface area contributed by atoms with Gasteiger partial charge in [-0.1, -0.05) is 6.07 Å². The number of rotatable bonds is 2. The van der Waals surface area contributed by atoms with Crippen LogP contribution < -0.4 is 5.73 Å². The first kappa shape index (κ1) is 15.6. The normalized spacial score (nSPS) is 26.7. The molecule has 0 aliphatic carbocycles. The zero-order chi connectivity index (χ0) is 14.9. The smallest absolute Gasteiger partial charge is 0.124 e. The van der Waals surface area contributed by atoms with E-state index in [0.29, 0.717) is 5.92 Å². The molecule has 116 valence electrons. The van der Waals surface area contributed by atoms with Crippen molar-refractivity contribution in [3.63, 3.8) is 0 Å². The van der Waals surface area contributed by atoms with E-state index in [1.807, 2.05) is 6.07 Å². The summed E-state index contributed by atoms with van der Waals surface area (Å²) in [5, 5.41) is 0. The highest BCUT2D eigenvalue weighted by Gasteiger charge is 2.41. The van der Waals surface area contributed by atoms with Crippen molar-refractivity contribution in [2.24, 2.45) is 11.7 Å². The van der Waals surface area contributed by atoms with Gasteiger partial charge in [0.1, 0.15) is 5.82 Å². The van der Waals surface area contributed by atoms with Gasteiger partial charge in [-0.3, -0.25) is 0 Å². The van der Waals surface area contributed by atoms with Gasteiger partial charge in [0, 0.05) is 29.4 Å². The van der Waals surface area contributed by atoms with E-state index in [9.17, 15) is 4.39 Å². The molecule has 5 heteroatoms. The van der Waals surface area contributed by atoms with Gasteiger partial charge in [0.2, 0.25) is 0 Å². The van der Waals surface area contributed by atoms with Crippen molar-refractivity contribution < 1.29 is 13.9 Å². The van der Waals surface area contributed by atoms with Gasteiger partial charge in [0.25, 0.3) is 0 Å². The molecule has 2 aliphatic heterocycles. The van der Waals surface area contributed by atoms with E-state index >= 15 is 0 Å². The summed E-state index contributed by atoms with van der Waals surface area (Å²) in [6.45, 7) is 2.31. The third-order valence-corrected chi connectivity index (χ3v) is 5.70. The predicted molar refractivity (Wildman–Crippen MR) is 87.5 cm³/mol. The van der Waals surface area contributed by atoms with Crippen molar-refractivity contribution in [3.05, 3.63) is 33.1 Å². The topological polar surface area (TPSA) is 44.5 Å². The van der Waals surface area contributed by atoms with Gasteiger partial charge < -0.3 is 15.2 Å². The Kier molecular flexibility index (Phi) is 4.83. The van der Waals surface area contributed by atoms with Crippen LogP contribution in [0.2, 0.25) is 0 Å². The van der Waals surface area contributed by atoms with Gasteiger partial charge >= 0.3 is 0 Å². The lowest BCUT2D eigenvalue weighted by molar-refractivity contribution is -0.149. The summed E-state index contributed by atoms with van der Waals surface area (Å²) in [7, 11) is 0. The van der Waals surface area contributed by atoms with Crippen LogP contribution in [-0.2, 0) is 9.47 Å². The Morgan fingerprint density at radius 3 is 2.76 bits per heavy atom. The van der Waals surface area contributed by atoms with E-state index < -0.39 is 0 Å². The zero-order valence-electron chi connectivity index (χ0n) is 12.0. The van der Waals surface area contributed by atoms with Crippen molar-refractivity contribution >= 4 is 22.6 Å². The van der Waals surface area contributed by atoms with Crippen LogP contribution in [0.5, 0.6) is 0 Å². The average Bonchev–Trinajstić information content (AvgIpc) is 2.47. The van der Waals surface area contributed by atoms with Crippen LogP contribution in [0, 0.1) is 15.3 Å².